The molecule has 0 fully saturated rings. The van der Waals surface area contributed by atoms with Gasteiger partial charge in [0.25, 0.3) is 11.6 Å². The van der Waals surface area contributed by atoms with E-state index in [1.165, 1.54) is 18.2 Å². The highest BCUT2D eigenvalue weighted by Crippen LogP contribution is 2.11. The molecule has 1 aromatic carbocycles. The van der Waals surface area contributed by atoms with Crippen LogP contribution < -0.4 is 5.73 Å². The Balaban J connectivity index is 3.02. The zero-order chi connectivity index (χ0) is 10.6. The Bertz CT molecular complexity index is 443. The Labute approximate surface area is 79.7 Å². The normalized spacial score (nSPS) is 8.57. The topological polar surface area (TPSA) is 86.2 Å². The van der Waals surface area contributed by atoms with E-state index in [4.69, 9.17) is 5.73 Å². The summed E-state index contributed by atoms with van der Waals surface area (Å²) >= 11 is 0. The molecule has 0 bridgehead atoms. The number of amides is 1. The molecule has 0 aliphatic heterocycles. The average molecular weight is 190 g/mol. The summed E-state index contributed by atoms with van der Waals surface area (Å²) in [5.41, 5.74) is 5.11. The van der Waals surface area contributed by atoms with E-state index >= 15 is 0 Å². The van der Waals surface area contributed by atoms with E-state index in [0.29, 0.717) is 5.56 Å². The lowest BCUT2D eigenvalue weighted by molar-refractivity contribution is -0.384. The minimum absolute atomic E-state index is 0.0683. The molecule has 0 spiro atoms. The molecule has 0 aliphatic carbocycles. The Morgan fingerprint density at radius 1 is 1.50 bits per heavy atom. The number of hydrogen-bond acceptors (Lipinski definition) is 3. The van der Waals surface area contributed by atoms with E-state index in [1.54, 1.807) is 6.07 Å². The van der Waals surface area contributed by atoms with E-state index in [9.17, 15) is 14.9 Å². The number of carbonyl (C=O) groups is 1. The van der Waals surface area contributed by atoms with E-state index in [-0.39, 0.29) is 5.69 Å². The van der Waals surface area contributed by atoms with E-state index in [2.05, 4.69) is 11.8 Å². The summed E-state index contributed by atoms with van der Waals surface area (Å²) in [5, 5.41) is 10.4. The molecule has 5 nitrogen and oxygen atoms in total. The van der Waals surface area contributed by atoms with Gasteiger partial charge in [-0.05, 0) is 12.0 Å². The molecule has 14 heavy (non-hydrogen) atoms. The molecule has 0 saturated heterocycles. The zero-order valence-corrected chi connectivity index (χ0v) is 7.06. The fourth-order valence-corrected chi connectivity index (χ4v) is 0.831. The zero-order valence-electron chi connectivity index (χ0n) is 7.06. The molecule has 0 aliphatic rings. The first-order chi connectivity index (χ1) is 6.59. The molecule has 1 aromatic rings. The summed E-state index contributed by atoms with van der Waals surface area (Å²) in [6.07, 6.45) is 0. The number of nitrogens with zero attached hydrogens (tertiary/aromatic N) is 1. The predicted octanol–water partition coefficient (Wildman–Crippen LogP) is 0.432. The first kappa shape index (κ1) is 9.74. The van der Waals surface area contributed by atoms with Gasteiger partial charge in [-0.2, -0.15) is 0 Å². The second-order valence-electron chi connectivity index (χ2n) is 2.42. The molecule has 1 amide bonds. The van der Waals surface area contributed by atoms with Gasteiger partial charge in [0, 0.05) is 17.7 Å². The fourth-order valence-electron chi connectivity index (χ4n) is 0.831. The van der Waals surface area contributed by atoms with Gasteiger partial charge in [0.2, 0.25) is 0 Å². The number of nitrogens with two attached hydrogens (primary N) is 1. The molecule has 0 saturated carbocycles. The average Bonchev–Trinajstić information content (AvgIpc) is 2.15. The van der Waals surface area contributed by atoms with Gasteiger partial charge in [0.05, 0.1) is 4.92 Å². The van der Waals surface area contributed by atoms with Crippen molar-refractivity contribution in [3.05, 3.63) is 39.9 Å². The van der Waals surface area contributed by atoms with Crippen LogP contribution in [0.1, 0.15) is 5.56 Å². The summed E-state index contributed by atoms with van der Waals surface area (Å²) in [5.74, 6) is 3.74. The van der Waals surface area contributed by atoms with Crippen LogP contribution in [-0.4, -0.2) is 10.8 Å². The SMILES string of the molecule is NC(=O)C#Cc1cccc([N+](=O)[O-])c1. The van der Waals surface area contributed by atoms with Gasteiger partial charge in [-0.3, -0.25) is 14.9 Å². The van der Waals surface area contributed by atoms with Crippen molar-refractivity contribution < 1.29 is 9.72 Å². The minimum Gasteiger partial charge on any atom is -0.359 e. The molecular weight excluding hydrogens is 184 g/mol. The maximum absolute atomic E-state index is 10.4. The van der Waals surface area contributed by atoms with Gasteiger partial charge in [-0.15, -0.1) is 0 Å². The summed E-state index contributed by atoms with van der Waals surface area (Å²) in [7, 11) is 0. The maximum atomic E-state index is 10.4. The van der Waals surface area contributed by atoms with Crippen LogP contribution in [0.25, 0.3) is 0 Å². The van der Waals surface area contributed by atoms with Gasteiger partial charge in [0.1, 0.15) is 0 Å². The number of primary amides is 1. The van der Waals surface area contributed by atoms with E-state index in [0.717, 1.165) is 0 Å². The van der Waals surface area contributed by atoms with Crippen molar-refractivity contribution in [1.29, 1.82) is 0 Å². The number of nitro groups is 1. The van der Waals surface area contributed by atoms with Crippen molar-refractivity contribution in [2.45, 2.75) is 0 Å². The lowest BCUT2D eigenvalue weighted by Crippen LogP contribution is -2.06. The number of carbonyl (C=O) groups excluding carboxylic acids is 1. The Morgan fingerprint density at radius 2 is 2.21 bits per heavy atom. The number of nitro benzene ring substituents is 1. The highest BCUT2D eigenvalue weighted by atomic mass is 16.6. The third kappa shape index (κ3) is 2.60. The van der Waals surface area contributed by atoms with Gasteiger partial charge in [-0.1, -0.05) is 12.0 Å². The Kier molecular flexibility index (Phi) is 2.82. The maximum Gasteiger partial charge on any atom is 0.293 e. The predicted molar refractivity (Wildman–Crippen MR) is 49.2 cm³/mol. The first-order valence-electron chi connectivity index (χ1n) is 3.65. The molecule has 5 heteroatoms. The number of benzene rings is 1. The van der Waals surface area contributed by atoms with Crippen LogP contribution in [0.15, 0.2) is 24.3 Å². The fraction of sp³-hybridized carbons (Fsp3) is 0. The monoisotopic (exact) mass is 190 g/mol. The summed E-state index contributed by atoms with van der Waals surface area (Å²) in [6, 6.07) is 5.66. The van der Waals surface area contributed by atoms with Crippen LogP contribution in [0.4, 0.5) is 5.69 Å². The molecule has 0 atom stereocenters. The molecule has 0 radical (unpaired) electrons. The van der Waals surface area contributed by atoms with Crippen molar-refractivity contribution in [2.24, 2.45) is 5.73 Å². The van der Waals surface area contributed by atoms with Crippen molar-refractivity contribution >= 4 is 11.6 Å². The third-order valence-electron chi connectivity index (χ3n) is 1.39. The lowest BCUT2D eigenvalue weighted by Gasteiger charge is -1.90. The van der Waals surface area contributed by atoms with Crippen LogP contribution >= 0.6 is 0 Å². The summed E-state index contributed by atoms with van der Waals surface area (Å²) in [4.78, 5) is 20.1. The third-order valence-corrected chi connectivity index (χ3v) is 1.39. The molecular formula is C9H6N2O3. The molecule has 0 unspecified atom stereocenters. The van der Waals surface area contributed by atoms with Crippen LogP contribution in [-0.2, 0) is 4.79 Å². The summed E-state index contributed by atoms with van der Waals surface area (Å²) in [6.45, 7) is 0. The van der Waals surface area contributed by atoms with Gasteiger partial charge in [0.15, 0.2) is 0 Å². The van der Waals surface area contributed by atoms with Crippen LogP contribution in [0.2, 0.25) is 0 Å². The van der Waals surface area contributed by atoms with Gasteiger partial charge < -0.3 is 5.73 Å². The largest absolute Gasteiger partial charge is 0.359 e. The van der Waals surface area contributed by atoms with E-state index < -0.39 is 10.8 Å². The number of hydrogen-bond donors (Lipinski definition) is 1. The second-order valence-corrected chi connectivity index (χ2v) is 2.42. The van der Waals surface area contributed by atoms with Crippen molar-refractivity contribution in [3.63, 3.8) is 0 Å². The second kappa shape index (κ2) is 4.05. The lowest BCUT2D eigenvalue weighted by atomic mass is 10.2. The molecule has 0 heterocycles. The number of non-ortho nitro benzene ring substituents is 1. The van der Waals surface area contributed by atoms with Crippen LogP contribution in [0, 0.1) is 22.0 Å². The molecule has 1 rings (SSSR count). The summed E-state index contributed by atoms with van der Waals surface area (Å²) < 4.78 is 0. The van der Waals surface area contributed by atoms with Crippen molar-refractivity contribution in [2.75, 3.05) is 0 Å². The van der Waals surface area contributed by atoms with Gasteiger partial charge in [-0.25, -0.2) is 0 Å². The molecule has 70 valence electrons. The van der Waals surface area contributed by atoms with Crippen molar-refractivity contribution in [1.82, 2.24) is 0 Å². The highest BCUT2D eigenvalue weighted by molar-refractivity contribution is 5.92. The standard InChI is InChI=1S/C9H6N2O3/c10-9(12)5-4-7-2-1-3-8(6-7)11(13)14/h1-3,6H,(H2,10,12). The quantitative estimate of drug-likeness (QED) is 0.395. The molecule has 0 aromatic heterocycles. The minimum atomic E-state index is -0.767. The van der Waals surface area contributed by atoms with Crippen molar-refractivity contribution in [3.8, 4) is 11.8 Å². The smallest absolute Gasteiger partial charge is 0.293 e. The highest BCUT2D eigenvalue weighted by Gasteiger charge is 2.03. The first-order valence-corrected chi connectivity index (χ1v) is 3.65. The van der Waals surface area contributed by atoms with Gasteiger partial charge >= 0.3 is 0 Å². The Hall–Kier alpha value is -2.35. The number of rotatable bonds is 1. The molecule has 2 N–H and O–H groups in total. The van der Waals surface area contributed by atoms with Crippen LogP contribution in [0.5, 0.6) is 0 Å². The van der Waals surface area contributed by atoms with Crippen LogP contribution in [0.3, 0.4) is 0 Å². The Morgan fingerprint density at radius 3 is 2.79 bits per heavy atom. The van der Waals surface area contributed by atoms with E-state index in [1.807, 2.05) is 0 Å².